The van der Waals surface area contributed by atoms with E-state index in [1.165, 1.54) is 0 Å². The number of ether oxygens (including phenoxy) is 3. The van der Waals surface area contributed by atoms with Gasteiger partial charge in [0.2, 0.25) is 0 Å². The maximum absolute atomic E-state index is 5.62. The molecule has 0 bridgehead atoms. The molecule has 1 saturated heterocycles. The van der Waals surface area contributed by atoms with Gasteiger partial charge < -0.3 is 14.2 Å². The van der Waals surface area contributed by atoms with E-state index in [0.29, 0.717) is 26.6 Å². The van der Waals surface area contributed by atoms with E-state index in [9.17, 15) is 0 Å². The lowest BCUT2D eigenvalue weighted by Crippen LogP contribution is -2.34. The number of benzene rings is 1. The molecule has 3 heteroatoms. The molecule has 1 fully saturated rings. The SMILES string of the molecule is C=C[C@@]1(COCc2ccccc2)COCO1. The van der Waals surface area contributed by atoms with Crippen LogP contribution in [-0.4, -0.2) is 25.6 Å². The van der Waals surface area contributed by atoms with Crippen LogP contribution < -0.4 is 0 Å². The second-order valence-electron chi connectivity index (χ2n) is 3.86. The monoisotopic (exact) mass is 220 g/mol. The van der Waals surface area contributed by atoms with E-state index in [4.69, 9.17) is 14.2 Å². The molecular formula is C13H16O3. The van der Waals surface area contributed by atoms with Gasteiger partial charge in [-0.3, -0.25) is 0 Å². The quantitative estimate of drug-likeness (QED) is 0.711. The Bertz CT molecular complexity index is 328. The van der Waals surface area contributed by atoms with E-state index >= 15 is 0 Å². The van der Waals surface area contributed by atoms with E-state index in [-0.39, 0.29) is 0 Å². The van der Waals surface area contributed by atoms with Gasteiger partial charge in [0.05, 0.1) is 19.8 Å². The highest BCUT2D eigenvalue weighted by Gasteiger charge is 2.33. The molecule has 0 amide bonds. The first-order valence-corrected chi connectivity index (χ1v) is 5.32. The molecule has 1 aliphatic rings. The summed E-state index contributed by atoms with van der Waals surface area (Å²) in [6, 6.07) is 10.1. The van der Waals surface area contributed by atoms with Crippen LogP contribution in [0.2, 0.25) is 0 Å². The Hall–Kier alpha value is -1.16. The molecule has 2 rings (SSSR count). The Morgan fingerprint density at radius 3 is 2.81 bits per heavy atom. The first-order valence-electron chi connectivity index (χ1n) is 5.32. The Balaban J connectivity index is 1.81. The van der Waals surface area contributed by atoms with Crippen LogP contribution in [0.3, 0.4) is 0 Å². The van der Waals surface area contributed by atoms with Gasteiger partial charge in [0.25, 0.3) is 0 Å². The second kappa shape index (κ2) is 5.25. The molecule has 0 unspecified atom stereocenters. The first-order chi connectivity index (χ1) is 7.85. The van der Waals surface area contributed by atoms with Crippen LogP contribution in [0.5, 0.6) is 0 Å². The molecule has 16 heavy (non-hydrogen) atoms. The summed E-state index contributed by atoms with van der Waals surface area (Å²) in [5.41, 5.74) is 0.690. The second-order valence-corrected chi connectivity index (χ2v) is 3.86. The number of hydrogen-bond acceptors (Lipinski definition) is 3. The summed E-state index contributed by atoms with van der Waals surface area (Å²) in [6.07, 6.45) is 1.75. The molecule has 1 heterocycles. The molecule has 1 aromatic rings. The smallest absolute Gasteiger partial charge is 0.148 e. The molecule has 0 aliphatic carbocycles. The van der Waals surface area contributed by atoms with E-state index < -0.39 is 5.60 Å². The average Bonchev–Trinajstić information content (AvgIpc) is 2.80. The minimum atomic E-state index is -0.464. The lowest BCUT2D eigenvalue weighted by atomic mass is 10.1. The van der Waals surface area contributed by atoms with Crippen LogP contribution in [0.15, 0.2) is 43.0 Å². The number of rotatable bonds is 5. The maximum Gasteiger partial charge on any atom is 0.148 e. The summed E-state index contributed by atoms with van der Waals surface area (Å²) in [4.78, 5) is 0. The van der Waals surface area contributed by atoms with Gasteiger partial charge in [0.15, 0.2) is 0 Å². The van der Waals surface area contributed by atoms with Crippen molar-refractivity contribution in [2.75, 3.05) is 20.0 Å². The van der Waals surface area contributed by atoms with Gasteiger partial charge in [0, 0.05) is 0 Å². The molecule has 0 spiro atoms. The van der Waals surface area contributed by atoms with Gasteiger partial charge in [-0.05, 0) is 5.56 Å². The Kier molecular flexibility index (Phi) is 3.72. The van der Waals surface area contributed by atoms with Gasteiger partial charge in [-0.1, -0.05) is 36.4 Å². The summed E-state index contributed by atoms with van der Waals surface area (Å²) < 4.78 is 16.3. The highest BCUT2D eigenvalue weighted by molar-refractivity contribution is 5.13. The zero-order valence-electron chi connectivity index (χ0n) is 9.22. The fourth-order valence-electron chi connectivity index (χ4n) is 1.59. The largest absolute Gasteiger partial charge is 0.373 e. The molecule has 0 aromatic heterocycles. The highest BCUT2D eigenvalue weighted by atomic mass is 16.7. The normalized spacial score (nSPS) is 24.5. The van der Waals surface area contributed by atoms with E-state index in [0.717, 1.165) is 5.56 Å². The predicted octanol–water partition coefficient (Wildman–Crippen LogP) is 2.13. The highest BCUT2D eigenvalue weighted by Crippen LogP contribution is 2.20. The lowest BCUT2D eigenvalue weighted by molar-refractivity contribution is -0.0390. The van der Waals surface area contributed by atoms with E-state index in [1.54, 1.807) is 6.08 Å². The summed E-state index contributed by atoms with van der Waals surface area (Å²) in [5.74, 6) is 0. The summed E-state index contributed by atoms with van der Waals surface area (Å²) in [7, 11) is 0. The third-order valence-corrected chi connectivity index (χ3v) is 2.61. The zero-order valence-corrected chi connectivity index (χ0v) is 9.22. The van der Waals surface area contributed by atoms with Crippen molar-refractivity contribution >= 4 is 0 Å². The van der Waals surface area contributed by atoms with Crippen molar-refractivity contribution in [1.29, 1.82) is 0 Å². The Labute approximate surface area is 95.6 Å². The first kappa shape index (κ1) is 11.3. The van der Waals surface area contributed by atoms with Crippen molar-refractivity contribution in [3.8, 4) is 0 Å². The summed E-state index contributed by atoms with van der Waals surface area (Å²) in [6.45, 7) is 5.66. The molecule has 86 valence electrons. The summed E-state index contributed by atoms with van der Waals surface area (Å²) in [5, 5.41) is 0. The third kappa shape index (κ3) is 2.70. The van der Waals surface area contributed by atoms with Gasteiger partial charge >= 0.3 is 0 Å². The minimum absolute atomic E-state index is 0.320. The van der Waals surface area contributed by atoms with Gasteiger partial charge in [-0.25, -0.2) is 0 Å². The molecule has 0 saturated carbocycles. The van der Waals surface area contributed by atoms with E-state index in [1.807, 2.05) is 30.3 Å². The standard InChI is InChI=1S/C13H16O3/c1-2-13(10-15-11-16-13)9-14-8-12-6-4-3-5-7-12/h2-7H,1,8-11H2/t13-/m1/s1. The van der Waals surface area contributed by atoms with Crippen LogP contribution in [0.1, 0.15) is 5.56 Å². The Morgan fingerprint density at radius 2 is 2.19 bits per heavy atom. The molecule has 3 nitrogen and oxygen atoms in total. The van der Waals surface area contributed by atoms with Crippen molar-refractivity contribution in [2.45, 2.75) is 12.2 Å². The molecule has 1 aliphatic heterocycles. The molecule has 1 atom stereocenters. The van der Waals surface area contributed by atoms with Crippen LogP contribution in [-0.2, 0) is 20.8 Å². The molecule has 1 aromatic carbocycles. The molecule has 0 N–H and O–H groups in total. The van der Waals surface area contributed by atoms with Crippen molar-refractivity contribution in [3.05, 3.63) is 48.6 Å². The average molecular weight is 220 g/mol. The predicted molar refractivity (Wildman–Crippen MR) is 60.9 cm³/mol. The third-order valence-electron chi connectivity index (χ3n) is 2.61. The van der Waals surface area contributed by atoms with Crippen molar-refractivity contribution in [3.63, 3.8) is 0 Å². The van der Waals surface area contributed by atoms with Crippen molar-refractivity contribution in [1.82, 2.24) is 0 Å². The lowest BCUT2D eigenvalue weighted by Gasteiger charge is -2.21. The van der Waals surface area contributed by atoms with Crippen molar-refractivity contribution in [2.24, 2.45) is 0 Å². The van der Waals surface area contributed by atoms with Crippen LogP contribution in [0, 0.1) is 0 Å². The van der Waals surface area contributed by atoms with Crippen LogP contribution in [0.4, 0.5) is 0 Å². The minimum Gasteiger partial charge on any atom is -0.373 e. The summed E-state index contributed by atoms with van der Waals surface area (Å²) >= 11 is 0. The van der Waals surface area contributed by atoms with E-state index in [2.05, 4.69) is 6.58 Å². The Morgan fingerprint density at radius 1 is 1.38 bits per heavy atom. The maximum atomic E-state index is 5.62. The van der Waals surface area contributed by atoms with Gasteiger partial charge in [-0.2, -0.15) is 0 Å². The fraction of sp³-hybridized carbons (Fsp3) is 0.385. The van der Waals surface area contributed by atoms with Crippen molar-refractivity contribution < 1.29 is 14.2 Å². The van der Waals surface area contributed by atoms with Crippen LogP contribution in [0.25, 0.3) is 0 Å². The zero-order chi connectivity index (χ0) is 11.3. The van der Waals surface area contributed by atoms with Gasteiger partial charge in [-0.15, -0.1) is 6.58 Å². The fourth-order valence-corrected chi connectivity index (χ4v) is 1.59. The van der Waals surface area contributed by atoms with Crippen LogP contribution >= 0.6 is 0 Å². The molecule has 0 radical (unpaired) electrons. The van der Waals surface area contributed by atoms with Gasteiger partial charge in [0.1, 0.15) is 12.4 Å². The molecular weight excluding hydrogens is 204 g/mol. The topological polar surface area (TPSA) is 27.7 Å². The number of hydrogen-bond donors (Lipinski definition) is 0.